The number of allylic oxidation sites excluding steroid dienone is 6. The molecule has 2 aliphatic rings. The average Bonchev–Trinajstić information content (AvgIpc) is 3.35. The standard InChI is InChI=1S/C52H87N3O18P2/c1-3-5-7-8-9-10-11-12-13-14-15-16-17-18-19-20-26-30-48(60)71-40-36-68-47(59)29-25-22-21-24-28-42-44(58)35-43(57)41(32-31-39(56)27-23-6-4-2)49(61)50(62)45(38-70-75(66,67)73-74(64,65)69-37-40)72-51(42)55-34-33-46(53)54-52(55)63/h12-13,15-16,18-19,31-34,39-45,49-51,56-58,61-62H,3-11,14,17,20-30,35-38H2,1-2H3,(H,64,65)(H,66,67)(H2,53,54,63)/b13-12-,16-15-,19-18-,32-31+/t39-,40+,41-,42-,43+,44-,45+,49-,50+,51+/m0/s1. The van der Waals surface area contributed by atoms with Gasteiger partial charge in [-0.1, -0.05) is 133 Å². The molecule has 2 aliphatic heterocycles. The lowest BCUT2D eigenvalue weighted by atomic mass is 9.82. The minimum absolute atomic E-state index is 0.0655. The molecule has 23 heteroatoms. The van der Waals surface area contributed by atoms with Crippen LogP contribution in [-0.4, -0.2) is 119 Å². The van der Waals surface area contributed by atoms with Crippen LogP contribution in [-0.2, 0) is 46.3 Å². The molecule has 1 aromatic rings. The second-order valence-electron chi connectivity index (χ2n) is 19.3. The number of hydrogen-bond acceptors (Lipinski definition) is 18. The highest BCUT2D eigenvalue weighted by atomic mass is 31.3. The normalized spacial score (nSPS) is 30.1. The maximum Gasteiger partial charge on any atom is 0.481 e. The maximum atomic E-state index is 13.4. The van der Waals surface area contributed by atoms with Crippen LogP contribution >= 0.6 is 15.6 Å². The Labute approximate surface area is 442 Å². The number of unbranched alkanes of at least 4 members (excludes halogenated alkanes) is 9. The molecule has 21 nitrogen and oxygen atoms in total. The van der Waals surface area contributed by atoms with Crippen LogP contribution in [0, 0.1) is 11.8 Å². The number of hydrogen-bond donors (Lipinski definition) is 8. The largest absolute Gasteiger partial charge is 0.481 e. The molecule has 0 amide bonds. The van der Waals surface area contributed by atoms with Crippen molar-refractivity contribution in [1.29, 1.82) is 0 Å². The molecule has 0 saturated carbocycles. The fourth-order valence-corrected chi connectivity index (χ4v) is 10.8. The number of ether oxygens (including phenoxy) is 3. The second-order valence-corrected chi connectivity index (χ2v) is 22.4. The van der Waals surface area contributed by atoms with Gasteiger partial charge in [0.2, 0.25) is 0 Å². The van der Waals surface area contributed by atoms with Crippen LogP contribution in [0.1, 0.15) is 168 Å². The number of phosphoric ester groups is 2. The third kappa shape index (κ3) is 27.2. The van der Waals surface area contributed by atoms with Gasteiger partial charge >= 0.3 is 33.3 Å². The summed E-state index contributed by atoms with van der Waals surface area (Å²) in [6.45, 7) is 1.48. The van der Waals surface area contributed by atoms with Gasteiger partial charge in [-0.2, -0.15) is 9.29 Å². The summed E-state index contributed by atoms with van der Waals surface area (Å²) in [5.74, 6) is -4.07. The number of aromatic nitrogens is 2. The smallest absolute Gasteiger partial charge is 0.462 e. The summed E-state index contributed by atoms with van der Waals surface area (Å²) >= 11 is 0. The molecular weight excluding hydrogens is 1020 g/mol. The first-order valence-corrected chi connectivity index (χ1v) is 29.9. The molecule has 0 radical (unpaired) electrons. The van der Waals surface area contributed by atoms with E-state index in [4.69, 9.17) is 29.0 Å². The average molecular weight is 1100 g/mol. The number of fused-ring (bicyclic) bond motifs is 3. The van der Waals surface area contributed by atoms with E-state index >= 15 is 0 Å². The number of cyclic esters (lactones) is 1. The number of nitrogen functional groups attached to an aromatic ring is 1. The zero-order valence-electron chi connectivity index (χ0n) is 43.9. The van der Waals surface area contributed by atoms with Gasteiger partial charge in [0, 0.05) is 37.3 Å². The van der Waals surface area contributed by atoms with Crippen LogP contribution in [0.15, 0.2) is 65.7 Å². The summed E-state index contributed by atoms with van der Waals surface area (Å²) in [5.41, 5.74) is 4.81. The van der Waals surface area contributed by atoms with Crippen LogP contribution in [0.3, 0.4) is 0 Å². The Kier molecular flexibility index (Phi) is 32.2. The first-order valence-electron chi connectivity index (χ1n) is 26.9. The van der Waals surface area contributed by atoms with Crippen molar-refractivity contribution >= 4 is 33.4 Å². The lowest BCUT2D eigenvalue weighted by Gasteiger charge is -2.41. The highest BCUT2D eigenvalue weighted by Gasteiger charge is 2.45. The number of phosphoric acid groups is 2. The number of nitrogens with zero attached hydrogens (tertiary/aromatic N) is 2. The van der Waals surface area contributed by atoms with Crippen LogP contribution in [0.4, 0.5) is 5.82 Å². The minimum atomic E-state index is -5.71. The Bertz CT molecular complexity index is 2070. The summed E-state index contributed by atoms with van der Waals surface area (Å²) in [6, 6.07) is 1.26. The maximum absolute atomic E-state index is 13.4. The molecule has 3 rings (SSSR count). The molecule has 0 aliphatic carbocycles. The molecule has 12 atom stereocenters. The van der Waals surface area contributed by atoms with Gasteiger partial charge in [-0.25, -0.2) is 13.9 Å². The summed E-state index contributed by atoms with van der Waals surface area (Å²) in [7, 11) is -11.3. The molecule has 1 aromatic heterocycles. The van der Waals surface area contributed by atoms with Crippen LogP contribution in [0.2, 0.25) is 0 Å². The Morgan fingerprint density at radius 2 is 1.44 bits per heavy atom. The molecule has 2 fully saturated rings. The number of carbonyl (C=O) groups is 2. The van der Waals surface area contributed by atoms with E-state index < -0.39 is 120 Å². The van der Waals surface area contributed by atoms with E-state index in [2.05, 4.69) is 40.5 Å². The summed E-state index contributed by atoms with van der Waals surface area (Å²) in [6.07, 6.45) is 18.3. The molecule has 2 bridgehead atoms. The Hall–Kier alpha value is -3.40. The number of anilines is 1. The van der Waals surface area contributed by atoms with E-state index in [0.717, 1.165) is 36.7 Å². The van der Waals surface area contributed by atoms with Gasteiger partial charge in [-0.05, 0) is 63.9 Å². The number of aliphatic hydroxyl groups is 5. The second kappa shape index (κ2) is 36.6. The van der Waals surface area contributed by atoms with Crippen molar-refractivity contribution in [3.63, 3.8) is 0 Å². The van der Waals surface area contributed by atoms with Crippen molar-refractivity contribution < 1.29 is 81.6 Å². The van der Waals surface area contributed by atoms with Crippen molar-refractivity contribution in [2.75, 3.05) is 25.6 Å². The van der Waals surface area contributed by atoms with Crippen LogP contribution < -0.4 is 11.4 Å². The van der Waals surface area contributed by atoms with Gasteiger partial charge in [0.15, 0.2) is 6.10 Å². The zero-order valence-corrected chi connectivity index (χ0v) is 45.7. The predicted octanol–water partition coefficient (Wildman–Crippen LogP) is 7.72. The molecule has 428 valence electrons. The molecule has 75 heavy (non-hydrogen) atoms. The molecular formula is C52H87N3O18P2. The van der Waals surface area contributed by atoms with Gasteiger partial charge in [-0.3, -0.25) is 23.2 Å². The van der Waals surface area contributed by atoms with E-state index in [1.165, 1.54) is 62.9 Å². The van der Waals surface area contributed by atoms with Gasteiger partial charge in [0.25, 0.3) is 0 Å². The fourth-order valence-electron chi connectivity index (χ4n) is 8.70. The van der Waals surface area contributed by atoms with Crippen molar-refractivity contribution in [1.82, 2.24) is 9.55 Å². The summed E-state index contributed by atoms with van der Waals surface area (Å²) in [5, 5.41) is 57.6. The van der Waals surface area contributed by atoms with Gasteiger partial charge in [0.1, 0.15) is 30.9 Å². The van der Waals surface area contributed by atoms with E-state index in [9.17, 15) is 58.8 Å². The molecule has 9 N–H and O–H groups in total. The predicted molar refractivity (Wildman–Crippen MR) is 281 cm³/mol. The lowest BCUT2D eigenvalue weighted by Crippen LogP contribution is -2.52. The van der Waals surface area contributed by atoms with Gasteiger partial charge in [0.05, 0.1) is 37.6 Å². The van der Waals surface area contributed by atoms with E-state index in [0.29, 0.717) is 51.4 Å². The zero-order chi connectivity index (χ0) is 55.1. The monoisotopic (exact) mass is 1100 g/mol. The van der Waals surface area contributed by atoms with Gasteiger partial charge < -0.3 is 55.3 Å². The van der Waals surface area contributed by atoms with E-state index in [1.807, 2.05) is 19.1 Å². The van der Waals surface area contributed by atoms with Crippen molar-refractivity contribution in [3.8, 4) is 0 Å². The van der Waals surface area contributed by atoms with Crippen LogP contribution in [0.5, 0.6) is 0 Å². The molecule has 2 saturated heterocycles. The number of carbonyl (C=O) groups excluding carboxylic acids is 2. The number of rotatable bonds is 23. The van der Waals surface area contributed by atoms with Crippen molar-refractivity contribution in [2.45, 2.75) is 210 Å². The quantitative estimate of drug-likeness (QED) is 0.0225. The number of esters is 2. The fraction of sp³-hybridized carbons (Fsp3) is 0.731. The topological polar surface area (TPSA) is 326 Å². The van der Waals surface area contributed by atoms with Gasteiger partial charge in [-0.15, -0.1) is 0 Å². The lowest BCUT2D eigenvalue weighted by molar-refractivity contribution is -0.195. The first-order chi connectivity index (χ1) is 35.9. The van der Waals surface area contributed by atoms with Crippen molar-refractivity contribution in [3.05, 3.63) is 71.4 Å². The highest BCUT2D eigenvalue weighted by Crippen LogP contribution is 2.60. The van der Waals surface area contributed by atoms with Crippen molar-refractivity contribution in [2.24, 2.45) is 11.8 Å². The van der Waals surface area contributed by atoms with Crippen LogP contribution in [0.25, 0.3) is 0 Å². The molecule has 2 unspecified atom stereocenters. The Morgan fingerprint density at radius 3 is 2.13 bits per heavy atom. The SMILES string of the molecule is CCCCCCCC/C=C\C/C=C\C/C=C\CCCC(=O)O[C@@H]1COC(=O)CCCCCC[C@@H]2[C@H](n3ccc(N)nc3=O)O[C@H](COP(=O)(O)OP(=O)(O)OC1)[C@@H](O)[C@@H](O)[C@@H](/C=C/[C@@H](O)CCCCC)[C@H](O)C[C@@H]2O. The minimum Gasteiger partial charge on any atom is -0.462 e. The van der Waals surface area contributed by atoms with E-state index in [1.54, 1.807) is 0 Å². The highest BCUT2D eigenvalue weighted by molar-refractivity contribution is 7.61. The molecule has 3 heterocycles. The third-order valence-corrected chi connectivity index (χ3v) is 15.6. The van der Waals surface area contributed by atoms with E-state index in [-0.39, 0.29) is 25.1 Å². The Balaban J connectivity index is 1.78. The summed E-state index contributed by atoms with van der Waals surface area (Å²) in [4.78, 5) is 64.3. The summed E-state index contributed by atoms with van der Waals surface area (Å²) < 4.78 is 59.2. The molecule has 0 spiro atoms. The first kappa shape index (κ1) is 65.9. The Morgan fingerprint density at radius 1 is 0.813 bits per heavy atom. The number of aliphatic hydroxyl groups excluding tert-OH is 5. The molecule has 0 aromatic carbocycles. The third-order valence-electron chi connectivity index (χ3n) is 13.0. The number of nitrogens with two attached hydrogens (primary N) is 1.